The van der Waals surface area contributed by atoms with E-state index in [-0.39, 0.29) is 21.7 Å². The van der Waals surface area contributed by atoms with Gasteiger partial charge in [0.15, 0.2) is 0 Å². The first-order valence-electron chi connectivity index (χ1n) is 6.55. The summed E-state index contributed by atoms with van der Waals surface area (Å²) in [6, 6.07) is 4.03. The summed E-state index contributed by atoms with van der Waals surface area (Å²) in [6.07, 6.45) is 1.95. The van der Waals surface area contributed by atoms with E-state index in [0.717, 1.165) is 18.2 Å². The Kier molecular flexibility index (Phi) is 6.61. The van der Waals surface area contributed by atoms with Crippen molar-refractivity contribution in [3.05, 3.63) is 38.9 Å². The van der Waals surface area contributed by atoms with Crippen LogP contribution in [0.25, 0.3) is 0 Å². The highest BCUT2D eigenvalue weighted by atomic mass is 79.9. The van der Waals surface area contributed by atoms with Crippen molar-refractivity contribution >= 4 is 39.1 Å². The molecule has 0 aliphatic heterocycles. The zero-order chi connectivity index (χ0) is 16.0. The molecule has 1 amide bonds. The van der Waals surface area contributed by atoms with Gasteiger partial charge in [-0.05, 0) is 30.4 Å². The van der Waals surface area contributed by atoms with Crippen molar-refractivity contribution < 1.29 is 9.72 Å². The molecule has 1 aromatic carbocycles. The predicted octanol–water partition coefficient (Wildman–Crippen LogP) is 4.18. The second-order valence-corrected chi connectivity index (χ2v) is 6.79. The Labute approximate surface area is 137 Å². The molecule has 21 heavy (non-hydrogen) atoms. The molecular formula is C14H18BrClN2O3. The number of nitro groups is 1. The van der Waals surface area contributed by atoms with Gasteiger partial charge >= 0.3 is 0 Å². The van der Waals surface area contributed by atoms with E-state index < -0.39 is 10.8 Å². The topological polar surface area (TPSA) is 72.2 Å². The van der Waals surface area contributed by atoms with Crippen LogP contribution in [0, 0.1) is 15.5 Å². The van der Waals surface area contributed by atoms with E-state index >= 15 is 0 Å². The lowest BCUT2D eigenvalue weighted by atomic mass is 9.88. The minimum Gasteiger partial charge on any atom is -0.351 e. The molecule has 0 spiro atoms. The Balaban J connectivity index is 2.79. The van der Waals surface area contributed by atoms with Crippen molar-refractivity contribution in [2.75, 3.05) is 11.9 Å². The van der Waals surface area contributed by atoms with Gasteiger partial charge in [-0.2, -0.15) is 0 Å². The molecule has 0 saturated heterocycles. The zero-order valence-electron chi connectivity index (χ0n) is 12.0. The first kappa shape index (κ1) is 17.9. The van der Waals surface area contributed by atoms with Gasteiger partial charge in [0.25, 0.3) is 11.6 Å². The summed E-state index contributed by atoms with van der Waals surface area (Å²) in [5.74, 6) is -0.453. The van der Waals surface area contributed by atoms with Crippen LogP contribution in [0.5, 0.6) is 0 Å². The second kappa shape index (κ2) is 7.75. The number of nitro benzene ring substituents is 1. The van der Waals surface area contributed by atoms with Crippen molar-refractivity contribution in [1.82, 2.24) is 5.32 Å². The first-order valence-corrected chi connectivity index (χ1v) is 8.05. The highest BCUT2D eigenvalue weighted by Crippen LogP contribution is 2.25. The molecule has 0 saturated carbocycles. The number of hydrogen-bond acceptors (Lipinski definition) is 3. The highest BCUT2D eigenvalue weighted by molar-refractivity contribution is 9.09. The maximum Gasteiger partial charge on any atom is 0.283 e. The van der Waals surface area contributed by atoms with Gasteiger partial charge < -0.3 is 5.32 Å². The smallest absolute Gasteiger partial charge is 0.283 e. The Hall–Kier alpha value is -1.14. The first-order chi connectivity index (χ1) is 9.76. The monoisotopic (exact) mass is 376 g/mol. The molecule has 116 valence electrons. The average Bonchev–Trinajstić information content (AvgIpc) is 2.42. The zero-order valence-corrected chi connectivity index (χ0v) is 14.3. The quantitative estimate of drug-likeness (QED) is 0.440. The van der Waals surface area contributed by atoms with Crippen molar-refractivity contribution in [3.8, 4) is 0 Å². The third-order valence-electron chi connectivity index (χ3n) is 3.12. The molecule has 1 N–H and O–H groups in total. The number of amides is 1. The fraction of sp³-hybridized carbons (Fsp3) is 0.500. The van der Waals surface area contributed by atoms with E-state index in [4.69, 9.17) is 11.6 Å². The van der Waals surface area contributed by atoms with Gasteiger partial charge in [-0.1, -0.05) is 41.4 Å². The molecule has 5 nitrogen and oxygen atoms in total. The maximum atomic E-state index is 12.1. The summed E-state index contributed by atoms with van der Waals surface area (Å²) in [4.78, 5) is 22.5. The van der Waals surface area contributed by atoms with Crippen molar-refractivity contribution in [2.24, 2.45) is 5.41 Å². The third kappa shape index (κ3) is 5.63. The number of carbonyl (C=O) groups excluding carboxylic acids is 1. The van der Waals surface area contributed by atoms with Crippen LogP contribution >= 0.6 is 27.5 Å². The van der Waals surface area contributed by atoms with Crippen LogP contribution in [0.3, 0.4) is 0 Å². The van der Waals surface area contributed by atoms with E-state index in [0.29, 0.717) is 6.54 Å². The number of nitrogens with one attached hydrogen (secondary N) is 1. The van der Waals surface area contributed by atoms with Gasteiger partial charge in [0.1, 0.15) is 5.56 Å². The van der Waals surface area contributed by atoms with E-state index in [1.54, 1.807) is 0 Å². The largest absolute Gasteiger partial charge is 0.351 e. The van der Waals surface area contributed by atoms with E-state index in [1.807, 2.05) is 13.8 Å². The SMILES string of the molecule is CC(C)(CCCBr)CNC(=O)c1ccc(Cl)cc1[N+](=O)[O-]. The summed E-state index contributed by atoms with van der Waals surface area (Å²) in [7, 11) is 0. The second-order valence-electron chi connectivity index (χ2n) is 5.56. The Bertz CT molecular complexity index is 535. The van der Waals surface area contributed by atoms with Crippen LogP contribution in [-0.2, 0) is 0 Å². The number of halogens is 2. The van der Waals surface area contributed by atoms with Gasteiger partial charge in [-0.3, -0.25) is 14.9 Å². The Morgan fingerprint density at radius 3 is 2.71 bits per heavy atom. The van der Waals surface area contributed by atoms with E-state index in [9.17, 15) is 14.9 Å². The van der Waals surface area contributed by atoms with Gasteiger partial charge in [-0.15, -0.1) is 0 Å². The normalized spacial score (nSPS) is 11.2. The minimum atomic E-state index is -0.600. The molecule has 1 rings (SSSR count). The van der Waals surface area contributed by atoms with Gasteiger partial charge in [0, 0.05) is 23.0 Å². The molecule has 0 aliphatic rings. The molecule has 0 radical (unpaired) electrons. The summed E-state index contributed by atoms with van der Waals surface area (Å²) < 4.78 is 0. The molecule has 0 aromatic heterocycles. The van der Waals surface area contributed by atoms with Gasteiger partial charge in [0.05, 0.1) is 4.92 Å². The van der Waals surface area contributed by atoms with Gasteiger partial charge in [0.2, 0.25) is 0 Å². The molecule has 0 bridgehead atoms. The Morgan fingerprint density at radius 1 is 1.48 bits per heavy atom. The summed E-state index contributed by atoms with van der Waals surface area (Å²) in [5, 5.41) is 14.9. The number of rotatable bonds is 7. The fourth-order valence-electron chi connectivity index (χ4n) is 1.90. The van der Waals surface area contributed by atoms with Crippen LogP contribution in [0.4, 0.5) is 5.69 Å². The van der Waals surface area contributed by atoms with Gasteiger partial charge in [-0.25, -0.2) is 0 Å². The van der Waals surface area contributed by atoms with E-state index in [1.165, 1.54) is 18.2 Å². The van der Waals surface area contributed by atoms with Crippen LogP contribution < -0.4 is 5.32 Å². The van der Waals surface area contributed by atoms with Crippen LogP contribution in [0.15, 0.2) is 18.2 Å². The van der Waals surface area contributed by atoms with Crippen molar-refractivity contribution in [1.29, 1.82) is 0 Å². The number of carbonyl (C=O) groups is 1. The number of hydrogen-bond donors (Lipinski definition) is 1. The highest BCUT2D eigenvalue weighted by Gasteiger charge is 2.23. The summed E-state index contributed by atoms with van der Waals surface area (Å²) in [5.41, 5.74) is -0.316. The maximum absolute atomic E-state index is 12.1. The van der Waals surface area contributed by atoms with E-state index in [2.05, 4.69) is 21.2 Å². The number of benzene rings is 1. The molecule has 7 heteroatoms. The van der Waals surface area contributed by atoms with Crippen LogP contribution in [0.2, 0.25) is 5.02 Å². The lowest BCUT2D eigenvalue weighted by molar-refractivity contribution is -0.385. The average molecular weight is 378 g/mol. The van der Waals surface area contributed by atoms with Crippen molar-refractivity contribution in [2.45, 2.75) is 26.7 Å². The standard InChI is InChI=1S/C14H18BrClN2O3/c1-14(2,6-3-7-15)9-17-13(19)11-5-4-10(16)8-12(11)18(20)21/h4-5,8H,3,6-7,9H2,1-2H3,(H,17,19). The predicted molar refractivity (Wildman–Crippen MR) is 87.2 cm³/mol. The van der Waals surface area contributed by atoms with Crippen molar-refractivity contribution in [3.63, 3.8) is 0 Å². The number of nitrogens with zero attached hydrogens (tertiary/aromatic N) is 1. The third-order valence-corrected chi connectivity index (χ3v) is 3.91. The number of alkyl halides is 1. The lowest BCUT2D eigenvalue weighted by Crippen LogP contribution is -2.34. The fourth-order valence-corrected chi connectivity index (χ4v) is 2.34. The minimum absolute atomic E-state index is 0.0284. The molecule has 0 atom stereocenters. The molecule has 0 fully saturated rings. The summed E-state index contributed by atoms with van der Waals surface area (Å²) in [6.45, 7) is 4.55. The lowest BCUT2D eigenvalue weighted by Gasteiger charge is -2.24. The molecule has 0 unspecified atom stereocenters. The summed E-state index contributed by atoms with van der Waals surface area (Å²) >= 11 is 9.11. The van der Waals surface area contributed by atoms with Crippen LogP contribution in [0.1, 0.15) is 37.0 Å². The molecule has 0 heterocycles. The Morgan fingerprint density at radius 2 is 2.14 bits per heavy atom. The molecular weight excluding hydrogens is 360 g/mol. The molecule has 1 aromatic rings. The van der Waals surface area contributed by atoms with Crippen LogP contribution in [-0.4, -0.2) is 22.7 Å². The molecule has 0 aliphatic carbocycles.